The van der Waals surface area contributed by atoms with Crippen molar-refractivity contribution in [3.63, 3.8) is 0 Å². The van der Waals surface area contributed by atoms with E-state index in [4.69, 9.17) is 5.73 Å². The Kier molecular flexibility index (Phi) is 6.50. The number of amides is 1. The number of anilines is 1. The van der Waals surface area contributed by atoms with Crippen LogP contribution in [0, 0.1) is 5.92 Å². The summed E-state index contributed by atoms with van der Waals surface area (Å²) in [5, 5.41) is 3.14. The van der Waals surface area contributed by atoms with Gasteiger partial charge in [-0.05, 0) is 41.9 Å². The molecule has 0 spiro atoms. The van der Waals surface area contributed by atoms with Gasteiger partial charge in [-0.2, -0.15) is 0 Å². The second kappa shape index (κ2) is 8.22. The normalized spacial score (nSPS) is 18.7. The Morgan fingerprint density at radius 3 is 2.28 bits per heavy atom. The summed E-state index contributed by atoms with van der Waals surface area (Å²) in [4.78, 5) is 14.7. The van der Waals surface area contributed by atoms with Gasteiger partial charge >= 0.3 is 0 Å². The molecule has 140 valence electrons. The SMILES string of the molecule is CCC(C)C(N)C(=O)NC1CCN(c2ccc(C(C)(C)C)cc2)CC1. The minimum atomic E-state index is -0.395. The molecule has 1 fully saturated rings. The van der Waals surface area contributed by atoms with Crippen LogP contribution in [-0.4, -0.2) is 31.1 Å². The molecule has 1 heterocycles. The predicted octanol–water partition coefficient (Wildman–Crippen LogP) is 3.44. The largest absolute Gasteiger partial charge is 0.371 e. The molecule has 1 aliphatic rings. The van der Waals surface area contributed by atoms with E-state index in [1.54, 1.807) is 0 Å². The molecule has 2 unspecified atom stereocenters. The predicted molar refractivity (Wildman–Crippen MR) is 106 cm³/mol. The number of benzene rings is 1. The van der Waals surface area contributed by atoms with Crippen molar-refractivity contribution in [2.75, 3.05) is 18.0 Å². The van der Waals surface area contributed by atoms with E-state index in [9.17, 15) is 4.79 Å². The van der Waals surface area contributed by atoms with Gasteiger partial charge in [0.15, 0.2) is 0 Å². The number of carbonyl (C=O) groups is 1. The number of hydrogen-bond acceptors (Lipinski definition) is 3. The van der Waals surface area contributed by atoms with Crippen LogP contribution in [0.15, 0.2) is 24.3 Å². The van der Waals surface area contributed by atoms with E-state index in [0.717, 1.165) is 32.4 Å². The Morgan fingerprint density at radius 1 is 1.24 bits per heavy atom. The average molecular weight is 346 g/mol. The second-order valence-electron chi connectivity index (χ2n) is 8.48. The zero-order chi connectivity index (χ0) is 18.6. The first-order chi connectivity index (χ1) is 11.7. The summed E-state index contributed by atoms with van der Waals surface area (Å²) in [7, 11) is 0. The molecular formula is C21H35N3O. The third kappa shape index (κ3) is 5.21. The van der Waals surface area contributed by atoms with Gasteiger partial charge in [-0.3, -0.25) is 4.79 Å². The van der Waals surface area contributed by atoms with E-state index in [0.29, 0.717) is 0 Å². The average Bonchev–Trinajstić information content (AvgIpc) is 2.60. The Balaban J connectivity index is 1.86. The Labute approximate surface area is 153 Å². The van der Waals surface area contributed by atoms with Gasteiger partial charge in [0.1, 0.15) is 0 Å². The lowest BCUT2D eigenvalue weighted by molar-refractivity contribution is -0.124. The lowest BCUT2D eigenvalue weighted by Gasteiger charge is -2.35. The summed E-state index contributed by atoms with van der Waals surface area (Å²) >= 11 is 0. The molecule has 1 amide bonds. The van der Waals surface area contributed by atoms with E-state index in [-0.39, 0.29) is 23.3 Å². The number of rotatable bonds is 5. The van der Waals surface area contributed by atoms with Crippen molar-refractivity contribution in [2.45, 2.75) is 71.4 Å². The van der Waals surface area contributed by atoms with Crippen LogP contribution in [0.4, 0.5) is 5.69 Å². The van der Waals surface area contributed by atoms with E-state index >= 15 is 0 Å². The van der Waals surface area contributed by atoms with E-state index in [1.807, 2.05) is 6.92 Å². The molecule has 1 aromatic carbocycles. The third-order valence-corrected chi connectivity index (χ3v) is 5.50. The topological polar surface area (TPSA) is 58.4 Å². The van der Waals surface area contributed by atoms with Gasteiger partial charge in [-0.15, -0.1) is 0 Å². The molecule has 4 heteroatoms. The van der Waals surface area contributed by atoms with Crippen LogP contribution in [0.5, 0.6) is 0 Å². The quantitative estimate of drug-likeness (QED) is 0.859. The maximum atomic E-state index is 12.2. The third-order valence-electron chi connectivity index (χ3n) is 5.50. The van der Waals surface area contributed by atoms with E-state index in [1.165, 1.54) is 11.3 Å². The Morgan fingerprint density at radius 2 is 1.80 bits per heavy atom. The number of hydrogen-bond donors (Lipinski definition) is 2. The highest BCUT2D eigenvalue weighted by Gasteiger charge is 2.25. The van der Waals surface area contributed by atoms with Crippen molar-refractivity contribution in [3.05, 3.63) is 29.8 Å². The lowest BCUT2D eigenvalue weighted by atomic mass is 9.87. The van der Waals surface area contributed by atoms with Crippen LogP contribution in [0.3, 0.4) is 0 Å². The van der Waals surface area contributed by atoms with Crippen LogP contribution in [-0.2, 0) is 10.2 Å². The molecule has 25 heavy (non-hydrogen) atoms. The van der Waals surface area contributed by atoms with Gasteiger partial charge in [0, 0.05) is 24.8 Å². The molecule has 0 aliphatic carbocycles. The molecule has 1 aromatic rings. The fourth-order valence-electron chi connectivity index (χ4n) is 3.26. The summed E-state index contributed by atoms with van der Waals surface area (Å²) in [6, 6.07) is 8.75. The van der Waals surface area contributed by atoms with Crippen molar-refractivity contribution in [1.82, 2.24) is 5.32 Å². The summed E-state index contributed by atoms with van der Waals surface area (Å²) < 4.78 is 0. The van der Waals surface area contributed by atoms with E-state index in [2.05, 4.69) is 62.2 Å². The molecule has 4 nitrogen and oxygen atoms in total. The Hall–Kier alpha value is -1.55. The van der Waals surface area contributed by atoms with Crippen LogP contribution < -0.4 is 16.0 Å². The molecular weight excluding hydrogens is 310 g/mol. The zero-order valence-corrected chi connectivity index (χ0v) is 16.5. The van der Waals surface area contributed by atoms with Gasteiger partial charge in [-0.1, -0.05) is 53.2 Å². The maximum Gasteiger partial charge on any atom is 0.237 e. The molecule has 2 rings (SSSR count). The number of nitrogens with one attached hydrogen (secondary N) is 1. The highest BCUT2D eigenvalue weighted by molar-refractivity contribution is 5.82. The molecule has 2 atom stereocenters. The van der Waals surface area contributed by atoms with Crippen LogP contribution in [0.2, 0.25) is 0 Å². The number of carbonyl (C=O) groups excluding carboxylic acids is 1. The summed E-state index contributed by atoms with van der Waals surface area (Å²) in [5.74, 6) is 0.226. The number of nitrogens with two attached hydrogens (primary N) is 1. The highest BCUT2D eigenvalue weighted by atomic mass is 16.2. The minimum Gasteiger partial charge on any atom is -0.371 e. The van der Waals surface area contributed by atoms with Crippen molar-refractivity contribution >= 4 is 11.6 Å². The molecule has 0 saturated carbocycles. The van der Waals surface area contributed by atoms with Crippen LogP contribution >= 0.6 is 0 Å². The van der Waals surface area contributed by atoms with Crippen molar-refractivity contribution in [2.24, 2.45) is 11.7 Å². The summed E-state index contributed by atoms with van der Waals surface area (Å²) in [6.45, 7) is 12.8. The number of piperidine rings is 1. The van der Waals surface area contributed by atoms with Crippen molar-refractivity contribution < 1.29 is 4.79 Å². The van der Waals surface area contributed by atoms with Gasteiger partial charge in [0.05, 0.1) is 6.04 Å². The molecule has 0 bridgehead atoms. The fraction of sp³-hybridized carbons (Fsp3) is 0.667. The Bertz CT molecular complexity index is 553. The number of nitrogens with zero attached hydrogens (tertiary/aromatic N) is 1. The van der Waals surface area contributed by atoms with Gasteiger partial charge < -0.3 is 16.0 Å². The molecule has 0 aromatic heterocycles. The fourth-order valence-corrected chi connectivity index (χ4v) is 3.26. The smallest absolute Gasteiger partial charge is 0.237 e. The van der Waals surface area contributed by atoms with Crippen molar-refractivity contribution in [3.8, 4) is 0 Å². The first kappa shape index (κ1) is 19.8. The maximum absolute atomic E-state index is 12.2. The van der Waals surface area contributed by atoms with Gasteiger partial charge in [-0.25, -0.2) is 0 Å². The van der Waals surface area contributed by atoms with Crippen molar-refractivity contribution in [1.29, 1.82) is 0 Å². The van der Waals surface area contributed by atoms with Crippen LogP contribution in [0.25, 0.3) is 0 Å². The molecule has 3 N–H and O–H groups in total. The summed E-state index contributed by atoms with van der Waals surface area (Å²) in [5.41, 5.74) is 8.85. The minimum absolute atomic E-state index is 0.00216. The lowest BCUT2D eigenvalue weighted by Crippen LogP contribution is -2.51. The summed E-state index contributed by atoms with van der Waals surface area (Å²) in [6.07, 6.45) is 2.87. The molecule has 1 aliphatic heterocycles. The molecule has 0 radical (unpaired) electrons. The standard InChI is InChI=1S/C21H35N3O/c1-6-15(2)19(22)20(25)23-17-11-13-24(14-12-17)18-9-7-16(8-10-18)21(3,4)5/h7-10,15,17,19H,6,11-14,22H2,1-5H3,(H,23,25). The molecule has 1 saturated heterocycles. The first-order valence-corrected chi connectivity index (χ1v) is 9.63. The van der Waals surface area contributed by atoms with Gasteiger partial charge in [0.25, 0.3) is 0 Å². The van der Waals surface area contributed by atoms with Crippen LogP contribution in [0.1, 0.15) is 59.4 Å². The zero-order valence-electron chi connectivity index (χ0n) is 16.5. The van der Waals surface area contributed by atoms with Gasteiger partial charge in [0.2, 0.25) is 5.91 Å². The highest BCUT2D eigenvalue weighted by Crippen LogP contribution is 2.26. The first-order valence-electron chi connectivity index (χ1n) is 9.63. The monoisotopic (exact) mass is 345 g/mol. The second-order valence-corrected chi connectivity index (χ2v) is 8.48. The van der Waals surface area contributed by atoms with E-state index < -0.39 is 6.04 Å².